The minimum Gasteiger partial charge on any atom is -0.493 e. The van der Waals surface area contributed by atoms with Gasteiger partial charge in [0.15, 0.2) is 23.6 Å². The van der Waals surface area contributed by atoms with Crippen molar-refractivity contribution in [3.63, 3.8) is 0 Å². The number of hydrogen-bond donors (Lipinski definition) is 2. The molecule has 3 aromatic rings. The van der Waals surface area contributed by atoms with Crippen molar-refractivity contribution in [3.05, 3.63) is 95.1 Å². The fourth-order valence-electron chi connectivity index (χ4n) is 3.78. The molecule has 0 bridgehead atoms. The number of methoxy groups -OCH3 is 4. The van der Waals surface area contributed by atoms with Crippen LogP contribution in [0.3, 0.4) is 0 Å². The molecule has 198 valence electrons. The third-order valence-electron chi connectivity index (χ3n) is 5.71. The zero-order valence-electron chi connectivity index (χ0n) is 21.3. The molecule has 0 radical (unpaired) electrons. The number of carbonyl (C=O) groups is 4. The maximum atomic E-state index is 13.0. The van der Waals surface area contributed by atoms with Gasteiger partial charge in [0.05, 0.1) is 28.4 Å². The van der Waals surface area contributed by atoms with Gasteiger partial charge in [-0.2, -0.15) is 0 Å². The van der Waals surface area contributed by atoms with E-state index in [0.29, 0.717) is 11.1 Å². The lowest BCUT2D eigenvalue weighted by molar-refractivity contribution is -0.144. The van der Waals surface area contributed by atoms with E-state index in [1.165, 1.54) is 40.6 Å². The van der Waals surface area contributed by atoms with Gasteiger partial charge in [-0.1, -0.05) is 36.4 Å². The quantitative estimate of drug-likeness (QED) is 0.391. The molecular formula is C28H28N2O8. The maximum Gasteiger partial charge on any atom is 0.333 e. The van der Waals surface area contributed by atoms with E-state index in [9.17, 15) is 19.2 Å². The highest BCUT2D eigenvalue weighted by atomic mass is 16.5. The number of hydrogen-bond acceptors (Lipinski definition) is 8. The number of ether oxygens (including phenoxy) is 4. The van der Waals surface area contributed by atoms with Gasteiger partial charge in [-0.25, -0.2) is 9.59 Å². The first-order valence-electron chi connectivity index (χ1n) is 11.5. The minimum atomic E-state index is -1.39. The van der Waals surface area contributed by atoms with Gasteiger partial charge in [-0.05, 0) is 47.5 Å². The van der Waals surface area contributed by atoms with Gasteiger partial charge in [-0.3, -0.25) is 9.59 Å². The van der Waals surface area contributed by atoms with Crippen LogP contribution in [0, 0.1) is 0 Å². The smallest absolute Gasteiger partial charge is 0.333 e. The molecule has 2 N–H and O–H groups in total. The van der Waals surface area contributed by atoms with Crippen LogP contribution in [0.5, 0.6) is 11.5 Å². The Morgan fingerprint density at radius 1 is 0.579 bits per heavy atom. The molecule has 0 aliphatic rings. The summed E-state index contributed by atoms with van der Waals surface area (Å²) in [5.74, 6) is -2.34. The van der Waals surface area contributed by atoms with Crippen molar-refractivity contribution in [2.24, 2.45) is 0 Å². The lowest BCUT2D eigenvalue weighted by Crippen LogP contribution is -2.39. The molecule has 0 unspecified atom stereocenters. The summed E-state index contributed by atoms with van der Waals surface area (Å²) in [7, 11) is 5.12. The molecule has 2 amide bonds. The van der Waals surface area contributed by atoms with Crippen LogP contribution in [0.25, 0.3) is 0 Å². The SMILES string of the molecule is COC(=O)[C@@H](NC(=O)c1ccccc1)c1cc(OC)c(OC)cc1[C@H](NC(=O)c1ccccc1)C(=O)OC. The molecule has 0 aliphatic carbocycles. The van der Waals surface area contributed by atoms with E-state index in [2.05, 4.69) is 10.6 Å². The first kappa shape index (κ1) is 27.7. The number of rotatable bonds is 10. The second-order valence-electron chi connectivity index (χ2n) is 7.93. The van der Waals surface area contributed by atoms with Gasteiger partial charge in [0.2, 0.25) is 0 Å². The normalized spacial score (nSPS) is 11.9. The van der Waals surface area contributed by atoms with Gasteiger partial charge < -0.3 is 29.6 Å². The fourth-order valence-corrected chi connectivity index (χ4v) is 3.78. The standard InChI is InChI=1S/C28H28N2O8/c1-35-21-15-19(23(27(33)37-3)29-25(31)17-11-7-5-8-12-17)20(16-22(21)36-2)24(28(34)38-4)30-26(32)18-13-9-6-10-14-18/h5-16,23-24H,1-4H3,(H,29,31)(H,30,32)/t23-,24-/m0/s1. The van der Waals surface area contributed by atoms with E-state index in [0.717, 1.165) is 0 Å². The molecular weight excluding hydrogens is 492 g/mol. The van der Waals surface area contributed by atoms with Crippen LogP contribution in [-0.4, -0.2) is 52.2 Å². The average molecular weight is 521 g/mol. The summed E-state index contributed by atoms with van der Waals surface area (Å²) in [6.07, 6.45) is 0. The topological polar surface area (TPSA) is 129 Å². The zero-order valence-corrected chi connectivity index (χ0v) is 21.3. The fraction of sp³-hybridized carbons (Fsp3) is 0.214. The van der Waals surface area contributed by atoms with Crippen molar-refractivity contribution < 1.29 is 38.1 Å². The molecule has 3 aromatic carbocycles. The van der Waals surface area contributed by atoms with Crippen LogP contribution in [0.2, 0.25) is 0 Å². The maximum absolute atomic E-state index is 13.0. The van der Waals surface area contributed by atoms with Crippen LogP contribution in [0.15, 0.2) is 72.8 Å². The predicted molar refractivity (Wildman–Crippen MR) is 137 cm³/mol. The van der Waals surface area contributed by atoms with Gasteiger partial charge in [0.1, 0.15) is 0 Å². The van der Waals surface area contributed by atoms with E-state index in [1.807, 2.05) is 0 Å². The van der Waals surface area contributed by atoms with Crippen LogP contribution in [0.1, 0.15) is 43.9 Å². The van der Waals surface area contributed by atoms with Crippen LogP contribution < -0.4 is 20.1 Å². The number of esters is 2. The van der Waals surface area contributed by atoms with Crippen molar-refractivity contribution >= 4 is 23.8 Å². The highest BCUT2D eigenvalue weighted by molar-refractivity contribution is 5.98. The first-order chi connectivity index (χ1) is 18.3. The van der Waals surface area contributed by atoms with E-state index in [4.69, 9.17) is 18.9 Å². The molecule has 0 aliphatic heterocycles. The van der Waals surface area contributed by atoms with E-state index < -0.39 is 35.8 Å². The monoisotopic (exact) mass is 520 g/mol. The van der Waals surface area contributed by atoms with Crippen molar-refractivity contribution in [3.8, 4) is 11.5 Å². The van der Waals surface area contributed by atoms with Crippen LogP contribution >= 0.6 is 0 Å². The number of amides is 2. The molecule has 10 nitrogen and oxygen atoms in total. The molecule has 0 fully saturated rings. The third kappa shape index (κ3) is 6.28. The Morgan fingerprint density at radius 2 is 0.921 bits per heavy atom. The zero-order chi connectivity index (χ0) is 27.7. The molecule has 10 heteroatoms. The van der Waals surface area contributed by atoms with Gasteiger partial charge >= 0.3 is 11.9 Å². The molecule has 0 saturated heterocycles. The molecule has 38 heavy (non-hydrogen) atoms. The molecule has 3 rings (SSSR count). The second kappa shape index (κ2) is 12.9. The number of carbonyl (C=O) groups excluding carboxylic acids is 4. The van der Waals surface area contributed by atoms with Crippen LogP contribution in [-0.2, 0) is 19.1 Å². The van der Waals surface area contributed by atoms with Crippen molar-refractivity contribution in [2.75, 3.05) is 28.4 Å². The first-order valence-corrected chi connectivity index (χ1v) is 11.5. The van der Waals surface area contributed by atoms with E-state index >= 15 is 0 Å². The summed E-state index contributed by atoms with van der Waals surface area (Å²) in [6, 6.07) is 16.6. The minimum absolute atomic E-state index is 0.127. The Kier molecular flexibility index (Phi) is 9.42. The van der Waals surface area contributed by atoms with Crippen molar-refractivity contribution in [1.29, 1.82) is 0 Å². The Bertz CT molecular complexity index is 1190. The molecule has 0 saturated carbocycles. The van der Waals surface area contributed by atoms with Crippen LogP contribution in [0.4, 0.5) is 0 Å². The third-order valence-corrected chi connectivity index (χ3v) is 5.71. The lowest BCUT2D eigenvalue weighted by atomic mass is 9.93. The average Bonchev–Trinajstić information content (AvgIpc) is 2.97. The molecule has 2 atom stereocenters. The Labute approximate surface area is 219 Å². The van der Waals surface area contributed by atoms with E-state index in [-0.39, 0.29) is 22.6 Å². The summed E-state index contributed by atoms with van der Waals surface area (Å²) in [5, 5.41) is 5.30. The Balaban J connectivity index is 2.17. The van der Waals surface area contributed by atoms with Gasteiger partial charge in [0.25, 0.3) is 11.8 Å². The summed E-state index contributed by atoms with van der Waals surface area (Å²) in [4.78, 5) is 52.0. The molecule has 0 spiro atoms. The van der Waals surface area contributed by atoms with Crippen molar-refractivity contribution in [1.82, 2.24) is 10.6 Å². The summed E-state index contributed by atoms with van der Waals surface area (Å²) < 4.78 is 20.8. The molecule has 0 heterocycles. The Hall–Kier alpha value is -4.86. The highest BCUT2D eigenvalue weighted by Gasteiger charge is 2.34. The van der Waals surface area contributed by atoms with Gasteiger partial charge in [-0.15, -0.1) is 0 Å². The van der Waals surface area contributed by atoms with E-state index in [1.54, 1.807) is 60.7 Å². The summed E-state index contributed by atoms with van der Waals surface area (Å²) >= 11 is 0. The van der Waals surface area contributed by atoms with Gasteiger partial charge in [0, 0.05) is 11.1 Å². The lowest BCUT2D eigenvalue weighted by Gasteiger charge is -2.26. The highest BCUT2D eigenvalue weighted by Crippen LogP contribution is 2.37. The second-order valence-corrected chi connectivity index (χ2v) is 7.93. The van der Waals surface area contributed by atoms with Crippen molar-refractivity contribution in [2.45, 2.75) is 12.1 Å². The summed E-state index contributed by atoms with van der Waals surface area (Å²) in [6.45, 7) is 0. The number of benzene rings is 3. The predicted octanol–water partition coefficient (Wildman–Crippen LogP) is 2.99. The Morgan fingerprint density at radius 3 is 1.21 bits per heavy atom. The molecule has 0 aromatic heterocycles. The largest absolute Gasteiger partial charge is 0.493 e. The summed E-state index contributed by atoms with van der Waals surface area (Å²) in [5.41, 5.74) is 0.848. The number of nitrogens with one attached hydrogen (secondary N) is 2.